The molecule has 3 nitrogen and oxygen atoms in total. The molecule has 0 heterocycles. The quantitative estimate of drug-likeness (QED) is 0.724. The minimum Gasteiger partial charge on any atom is -0.490 e. The summed E-state index contributed by atoms with van der Waals surface area (Å²) in [6, 6.07) is 18.1. The minimum absolute atomic E-state index is 0. The second-order valence-corrected chi connectivity index (χ2v) is 6.86. The Balaban J connectivity index is 0.00000312. The van der Waals surface area contributed by atoms with Gasteiger partial charge in [-0.05, 0) is 29.9 Å². The molecule has 0 spiro atoms. The molecule has 0 aliphatic heterocycles. The summed E-state index contributed by atoms with van der Waals surface area (Å²) in [5, 5.41) is 10.3. The molecule has 0 bridgehead atoms. The van der Waals surface area contributed by atoms with Crippen LogP contribution in [0.5, 0.6) is 5.75 Å². The SMILES string of the molecule is CC(C)C(N)C(C)CC(O)COc1ccccc1-c1ccccc1.Cl. The third kappa shape index (κ3) is 6.35. The number of para-hydroxylation sites is 1. The van der Waals surface area contributed by atoms with Crippen molar-refractivity contribution in [2.45, 2.75) is 39.3 Å². The molecule has 3 atom stereocenters. The number of hydrogen-bond acceptors (Lipinski definition) is 3. The fraction of sp³-hybridized carbons (Fsp3) is 0.429. The molecule has 3 unspecified atom stereocenters. The summed E-state index contributed by atoms with van der Waals surface area (Å²) >= 11 is 0. The van der Waals surface area contributed by atoms with Crippen LogP contribution in [0.3, 0.4) is 0 Å². The van der Waals surface area contributed by atoms with E-state index in [0.29, 0.717) is 12.3 Å². The van der Waals surface area contributed by atoms with Crippen molar-refractivity contribution in [1.29, 1.82) is 0 Å². The molecule has 0 aliphatic rings. The third-order valence-electron chi connectivity index (χ3n) is 4.47. The molecular formula is C21H30ClNO2. The summed E-state index contributed by atoms with van der Waals surface area (Å²) in [7, 11) is 0. The lowest BCUT2D eigenvalue weighted by molar-refractivity contribution is 0.0808. The Bertz CT molecular complexity index is 618. The average molecular weight is 364 g/mol. The number of halogens is 1. The Morgan fingerprint density at radius 1 is 0.960 bits per heavy atom. The van der Waals surface area contributed by atoms with E-state index < -0.39 is 6.10 Å². The van der Waals surface area contributed by atoms with Gasteiger partial charge in [0.25, 0.3) is 0 Å². The predicted molar refractivity (Wildman–Crippen MR) is 107 cm³/mol. The fourth-order valence-electron chi connectivity index (χ4n) is 2.95. The van der Waals surface area contributed by atoms with E-state index in [1.54, 1.807) is 0 Å². The highest BCUT2D eigenvalue weighted by Gasteiger charge is 2.20. The van der Waals surface area contributed by atoms with Crippen molar-refractivity contribution in [2.75, 3.05) is 6.61 Å². The van der Waals surface area contributed by atoms with Gasteiger partial charge in [-0.2, -0.15) is 0 Å². The predicted octanol–water partition coefficient (Wildman–Crippen LogP) is 4.52. The van der Waals surface area contributed by atoms with E-state index >= 15 is 0 Å². The molecule has 0 aromatic heterocycles. The topological polar surface area (TPSA) is 55.5 Å². The first kappa shape index (κ1) is 21.5. The first-order chi connectivity index (χ1) is 11.5. The maximum Gasteiger partial charge on any atom is 0.127 e. The second-order valence-electron chi connectivity index (χ2n) is 6.86. The van der Waals surface area contributed by atoms with Crippen LogP contribution in [-0.4, -0.2) is 23.9 Å². The molecule has 0 saturated heterocycles. The van der Waals surface area contributed by atoms with E-state index in [4.69, 9.17) is 10.5 Å². The van der Waals surface area contributed by atoms with E-state index in [-0.39, 0.29) is 31.0 Å². The van der Waals surface area contributed by atoms with E-state index in [0.717, 1.165) is 16.9 Å². The zero-order valence-electron chi connectivity index (χ0n) is 15.3. The third-order valence-corrected chi connectivity index (χ3v) is 4.47. The van der Waals surface area contributed by atoms with Crippen LogP contribution in [0.4, 0.5) is 0 Å². The van der Waals surface area contributed by atoms with Crippen LogP contribution in [0.2, 0.25) is 0 Å². The van der Waals surface area contributed by atoms with Gasteiger partial charge in [0.1, 0.15) is 12.4 Å². The zero-order valence-corrected chi connectivity index (χ0v) is 16.1. The van der Waals surface area contributed by atoms with Gasteiger partial charge in [-0.15, -0.1) is 12.4 Å². The van der Waals surface area contributed by atoms with Crippen LogP contribution in [0, 0.1) is 11.8 Å². The number of hydrogen-bond donors (Lipinski definition) is 2. The van der Waals surface area contributed by atoms with Crippen molar-refractivity contribution in [2.24, 2.45) is 17.6 Å². The minimum atomic E-state index is -0.520. The monoisotopic (exact) mass is 363 g/mol. The van der Waals surface area contributed by atoms with Gasteiger partial charge in [0.05, 0.1) is 6.10 Å². The Morgan fingerprint density at radius 2 is 1.56 bits per heavy atom. The summed E-state index contributed by atoms with van der Waals surface area (Å²) in [5.74, 6) is 1.46. The number of nitrogens with two attached hydrogens (primary N) is 1. The number of benzene rings is 2. The molecule has 2 aromatic carbocycles. The molecule has 25 heavy (non-hydrogen) atoms. The van der Waals surface area contributed by atoms with Crippen LogP contribution in [-0.2, 0) is 0 Å². The van der Waals surface area contributed by atoms with Crippen molar-refractivity contribution in [3.8, 4) is 16.9 Å². The molecule has 138 valence electrons. The Kier molecular flexibility index (Phi) is 8.98. The molecule has 3 N–H and O–H groups in total. The van der Waals surface area contributed by atoms with Crippen LogP contribution in [0.15, 0.2) is 54.6 Å². The van der Waals surface area contributed by atoms with E-state index in [1.807, 2.05) is 42.5 Å². The summed E-state index contributed by atoms with van der Waals surface area (Å²) in [6.45, 7) is 6.59. The first-order valence-electron chi connectivity index (χ1n) is 8.70. The van der Waals surface area contributed by atoms with E-state index in [2.05, 4.69) is 32.9 Å². The Labute approximate surface area is 157 Å². The number of aliphatic hydroxyl groups excluding tert-OH is 1. The summed E-state index contributed by atoms with van der Waals surface area (Å²) < 4.78 is 5.90. The van der Waals surface area contributed by atoms with Gasteiger partial charge in [0.2, 0.25) is 0 Å². The van der Waals surface area contributed by atoms with Crippen molar-refractivity contribution >= 4 is 12.4 Å². The van der Waals surface area contributed by atoms with Gasteiger partial charge in [0, 0.05) is 11.6 Å². The van der Waals surface area contributed by atoms with Crippen molar-refractivity contribution in [3.05, 3.63) is 54.6 Å². The Morgan fingerprint density at radius 3 is 2.20 bits per heavy atom. The maximum atomic E-state index is 10.3. The number of ether oxygens (including phenoxy) is 1. The van der Waals surface area contributed by atoms with Crippen LogP contribution in [0.25, 0.3) is 11.1 Å². The van der Waals surface area contributed by atoms with Crippen molar-refractivity contribution < 1.29 is 9.84 Å². The normalized spacial score (nSPS) is 14.5. The fourth-order valence-corrected chi connectivity index (χ4v) is 2.95. The number of aliphatic hydroxyl groups is 1. The lowest BCUT2D eigenvalue weighted by Gasteiger charge is -2.25. The Hall–Kier alpha value is -1.55. The highest BCUT2D eigenvalue weighted by molar-refractivity contribution is 5.85. The van der Waals surface area contributed by atoms with Gasteiger partial charge in [-0.3, -0.25) is 0 Å². The standard InChI is InChI=1S/C21H29NO2.ClH/c1-15(2)21(22)16(3)13-18(23)14-24-20-12-8-7-11-19(20)17-9-5-4-6-10-17;/h4-12,15-16,18,21,23H,13-14,22H2,1-3H3;1H. The first-order valence-corrected chi connectivity index (χ1v) is 8.70. The lowest BCUT2D eigenvalue weighted by Crippen LogP contribution is -2.36. The van der Waals surface area contributed by atoms with Gasteiger partial charge >= 0.3 is 0 Å². The van der Waals surface area contributed by atoms with Crippen LogP contribution < -0.4 is 10.5 Å². The molecule has 0 fully saturated rings. The molecule has 2 aromatic rings. The van der Waals surface area contributed by atoms with Gasteiger partial charge in [0.15, 0.2) is 0 Å². The molecule has 4 heteroatoms. The highest BCUT2D eigenvalue weighted by atomic mass is 35.5. The van der Waals surface area contributed by atoms with Crippen LogP contribution >= 0.6 is 12.4 Å². The van der Waals surface area contributed by atoms with Crippen molar-refractivity contribution in [3.63, 3.8) is 0 Å². The van der Waals surface area contributed by atoms with E-state index in [1.165, 1.54) is 0 Å². The zero-order chi connectivity index (χ0) is 17.5. The largest absolute Gasteiger partial charge is 0.490 e. The summed E-state index contributed by atoms with van der Waals surface area (Å²) in [6.07, 6.45) is 0.126. The lowest BCUT2D eigenvalue weighted by atomic mass is 9.89. The van der Waals surface area contributed by atoms with Gasteiger partial charge in [-0.1, -0.05) is 69.3 Å². The number of rotatable bonds is 8. The molecule has 0 saturated carbocycles. The molecular weight excluding hydrogens is 334 g/mol. The van der Waals surface area contributed by atoms with E-state index in [9.17, 15) is 5.11 Å². The molecule has 0 radical (unpaired) electrons. The highest BCUT2D eigenvalue weighted by Crippen LogP contribution is 2.29. The van der Waals surface area contributed by atoms with Gasteiger partial charge < -0.3 is 15.6 Å². The molecule has 2 rings (SSSR count). The maximum absolute atomic E-state index is 10.3. The second kappa shape index (κ2) is 10.4. The molecule has 0 amide bonds. The average Bonchev–Trinajstić information content (AvgIpc) is 2.60. The van der Waals surface area contributed by atoms with Gasteiger partial charge in [-0.25, -0.2) is 0 Å². The smallest absolute Gasteiger partial charge is 0.127 e. The van der Waals surface area contributed by atoms with Crippen LogP contribution in [0.1, 0.15) is 27.2 Å². The summed E-state index contributed by atoms with van der Waals surface area (Å²) in [4.78, 5) is 0. The summed E-state index contributed by atoms with van der Waals surface area (Å²) in [5.41, 5.74) is 8.31. The van der Waals surface area contributed by atoms with Crippen molar-refractivity contribution in [1.82, 2.24) is 0 Å². The molecule has 0 aliphatic carbocycles.